The minimum Gasteiger partial charge on any atom is -0.316 e. The average molecular weight is 407 g/mol. The number of para-hydroxylation sites is 1. The Morgan fingerprint density at radius 3 is 2.48 bits per heavy atom. The van der Waals surface area contributed by atoms with Crippen LogP contribution in [-0.2, 0) is 0 Å². The number of nitriles is 2. The Morgan fingerprint density at radius 1 is 1.10 bits per heavy atom. The number of benzene rings is 1. The van der Waals surface area contributed by atoms with Crippen molar-refractivity contribution in [3.05, 3.63) is 83.4 Å². The molecule has 0 spiro atoms. The van der Waals surface area contributed by atoms with E-state index in [1.54, 1.807) is 23.5 Å². The summed E-state index contributed by atoms with van der Waals surface area (Å²) in [6.45, 7) is 3.99. The van der Waals surface area contributed by atoms with Crippen molar-refractivity contribution in [1.82, 2.24) is 9.55 Å². The molecule has 31 heavy (non-hydrogen) atoms. The molecule has 0 bridgehead atoms. The van der Waals surface area contributed by atoms with Gasteiger partial charge >= 0.3 is 0 Å². The van der Waals surface area contributed by atoms with Gasteiger partial charge in [-0.05, 0) is 55.8 Å². The van der Waals surface area contributed by atoms with E-state index < -0.39 is 12.1 Å². The quantitative estimate of drug-likeness (QED) is 0.664. The van der Waals surface area contributed by atoms with Crippen LogP contribution >= 0.6 is 0 Å². The lowest BCUT2D eigenvalue weighted by molar-refractivity contribution is 0.624. The molecule has 0 amide bonds. The number of anilines is 1. The highest BCUT2D eigenvalue weighted by atomic mass is 15.5. The zero-order valence-corrected chi connectivity index (χ0v) is 17.3. The van der Waals surface area contributed by atoms with Crippen LogP contribution in [0, 0.1) is 42.4 Å². The molecule has 2 aromatic heterocycles. The molecule has 0 saturated carbocycles. The van der Waals surface area contributed by atoms with Crippen LogP contribution in [-0.4, -0.2) is 21.4 Å². The Morgan fingerprint density at radius 2 is 1.84 bits per heavy atom. The first-order valence-electron chi connectivity index (χ1n) is 9.84. The molecule has 0 fully saturated rings. The average Bonchev–Trinajstić information content (AvgIpc) is 3.28. The molecule has 0 radical (unpaired) electrons. The number of aryl methyl sites for hydroxylation is 1. The molecule has 7 nitrogen and oxygen atoms in total. The van der Waals surface area contributed by atoms with Crippen molar-refractivity contribution in [3.63, 3.8) is 0 Å². The third kappa shape index (κ3) is 3.59. The fraction of sp³-hybridized carbons (Fsp3) is 0.167. The van der Waals surface area contributed by atoms with Crippen LogP contribution in [0.5, 0.6) is 0 Å². The second-order valence-corrected chi connectivity index (χ2v) is 7.31. The van der Waals surface area contributed by atoms with E-state index >= 15 is 0 Å². The lowest BCUT2D eigenvalue weighted by Gasteiger charge is -2.21. The number of pyridine rings is 1. The number of aromatic nitrogens is 2. The number of hydrogen-bond acceptors (Lipinski definition) is 6. The normalized spacial score (nSPS) is 18.4. The summed E-state index contributed by atoms with van der Waals surface area (Å²) in [5, 5.41) is 25.8. The van der Waals surface area contributed by atoms with Gasteiger partial charge in [0.15, 0.2) is 0 Å². The van der Waals surface area contributed by atoms with E-state index in [0.29, 0.717) is 11.3 Å². The molecule has 1 aliphatic rings. The van der Waals surface area contributed by atoms with Crippen molar-refractivity contribution < 1.29 is 0 Å². The number of hydrogen-bond donors (Lipinski definition) is 1. The molecule has 1 aliphatic heterocycles. The molecule has 152 valence electrons. The highest BCUT2D eigenvalue weighted by Crippen LogP contribution is 2.30. The third-order valence-corrected chi connectivity index (χ3v) is 5.36. The van der Waals surface area contributed by atoms with Gasteiger partial charge in [0, 0.05) is 17.6 Å². The molecule has 2 atom stereocenters. The summed E-state index contributed by atoms with van der Waals surface area (Å²) < 4.78 is 2.08. The van der Waals surface area contributed by atoms with Crippen molar-refractivity contribution >= 4 is 17.5 Å². The van der Waals surface area contributed by atoms with Gasteiger partial charge in [0.2, 0.25) is 0 Å². The maximum Gasteiger partial charge on any atom is 0.127 e. The van der Waals surface area contributed by atoms with Crippen LogP contribution in [0.4, 0.5) is 5.69 Å². The maximum absolute atomic E-state index is 9.90. The number of allylic oxidation sites excluding steroid dienone is 1. The summed E-state index contributed by atoms with van der Waals surface area (Å²) in [7, 11) is 0. The number of nitrogens with two attached hydrogens (primary N) is 1. The summed E-state index contributed by atoms with van der Waals surface area (Å²) in [4.78, 5) is 4.20. The van der Waals surface area contributed by atoms with E-state index in [-0.39, 0.29) is 0 Å². The van der Waals surface area contributed by atoms with E-state index in [2.05, 4.69) is 26.8 Å². The Kier molecular flexibility index (Phi) is 5.36. The maximum atomic E-state index is 9.90. The topological polar surface area (TPSA) is 107 Å². The second-order valence-electron chi connectivity index (χ2n) is 7.31. The Labute approximate surface area is 181 Å². The van der Waals surface area contributed by atoms with Crippen LogP contribution in [0.3, 0.4) is 0 Å². The Bertz CT molecular complexity index is 1240. The van der Waals surface area contributed by atoms with E-state index in [0.717, 1.165) is 28.3 Å². The minimum absolute atomic E-state index is 0.326. The molecule has 3 heterocycles. The largest absolute Gasteiger partial charge is 0.316 e. The first-order chi connectivity index (χ1) is 15.0. The predicted octanol–water partition coefficient (Wildman–Crippen LogP) is 3.70. The van der Waals surface area contributed by atoms with Gasteiger partial charge in [-0.15, -0.1) is 0 Å². The predicted molar refractivity (Wildman–Crippen MR) is 120 cm³/mol. The molecular formula is C24H21N7. The molecule has 2 N–H and O–H groups in total. The van der Waals surface area contributed by atoms with Gasteiger partial charge in [-0.25, -0.2) is 5.01 Å². The zero-order chi connectivity index (χ0) is 22.0. The molecule has 3 aromatic rings. The van der Waals surface area contributed by atoms with E-state index in [9.17, 15) is 10.5 Å². The van der Waals surface area contributed by atoms with Crippen LogP contribution < -0.4 is 10.7 Å². The van der Waals surface area contributed by atoms with Crippen LogP contribution in [0.2, 0.25) is 0 Å². The van der Waals surface area contributed by atoms with Crippen molar-refractivity contribution in [2.75, 3.05) is 5.01 Å². The fourth-order valence-corrected chi connectivity index (χ4v) is 3.85. The van der Waals surface area contributed by atoms with Gasteiger partial charge in [0.1, 0.15) is 18.2 Å². The van der Waals surface area contributed by atoms with Gasteiger partial charge in [-0.2, -0.15) is 15.6 Å². The number of rotatable bonds is 4. The van der Waals surface area contributed by atoms with Gasteiger partial charge in [0.25, 0.3) is 0 Å². The van der Waals surface area contributed by atoms with E-state index in [4.69, 9.17) is 5.73 Å². The van der Waals surface area contributed by atoms with Gasteiger partial charge in [-0.3, -0.25) is 4.98 Å². The fourth-order valence-electron chi connectivity index (χ4n) is 3.85. The van der Waals surface area contributed by atoms with Crippen molar-refractivity contribution in [2.45, 2.75) is 20.0 Å². The summed E-state index contributed by atoms with van der Waals surface area (Å²) in [6, 6.07) is 19.7. The first kappa shape index (κ1) is 20.1. The second kappa shape index (κ2) is 8.27. The summed E-state index contributed by atoms with van der Waals surface area (Å²) in [6.07, 6.45) is 4.64. The number of hydrazone groups is 1. The summed E-state index contributed by atoms with van der Waals surface area (Å²) >= 11 is 0. The summed E-state index contributed by atoms with van der Waals surface area (Å²) in [5.74, 6) is -0.715. The monoisotopic (exact) mass is 407 g/mol. The molecule has 7 heteroatoms. The third-order valence-electron chi connectivity index (χ3n) is 5.36. The zero-order valence-electron chi connectivity index (χ0n) is 17.3. The molecule has 0 aliphatic carbocycles. The van der Waals surface area contributed by atoms with E-state index in [1.807, 2.05) is 62.4 Å². The van der Waals surface area contributed by atoms with Gasteiger partial charge < -0.3 is 10.3 Å². The minimum atomic E-state index is -0.715. The lowest BCUT2D eigenvalue weighted by atomic mass is 9.95. The van der Waals surface area contributed by atoms with Gasteiger partial charge in [-0.1, -0.05) is 18.2 Å². The highest BCUT2D eigenvalue weighted by molar-refractivity contribution is 6.11. The van der Waals surface area contributed by atoms with Crippen LogP contribution in [0.1, 0.15) is 17.0 Å². The first-order valence-corrected chi connectivity index (χ1v) is 9.84. The van der Waals surface area contributed by atoms with Crippen LogP contribution in [0.25, 0.3) is 11.8 Å². The number of nitrogens with zero attached hydrogens (tertiary/aromatic N) is 6. The smallest absolute Gasteiger partial charge is 0.127 e. The van der Waals surface area contributed by atoms with Crippen LogP contribution in [0.15, 0.2) is 71.6 Å². The molecule has 1 aromatic carbocycles. The molecular weight excluding hydrogens is 386 g/mol. The SMILES string of the molecule is Cc1cc(/C=C(/C#N)C2=NN(c3ccccc3)[C@H](N)[C@@H]2C#N)c(C)n1-c1cccnc1. The molecule has 4 rings (SSSR count). The Hall–Kier alpha value is -4.20. The Balaban J connectivity index is 1.77. The molecule has 0 saturated heterocycles. The molecule has 0 unspecified atom stereocenters. The van der Waals surface area contributed by atoms with Crippen molar-refractivity contribution in [2.24, 2.45) is 16.8 Å². The van der Waals surface area contributed by atoms with Crippen molar-refractivity contribution in [1.29, 1.82) is 10.5 Å². The standard InChI is InChI=1S/C24H21N7/c1-16-11-18(17(2)30(16)21-9-6-10-28-15-21)12-19(13-25)23-22(14-26)24(27)31(29-23)20-7-4-3-5-8-20/h3-12,15,22,24H,27H2,1-2H3/b19-12-/t22-,24+/m1/s1. The van der Waals surface area contributed by atoms with E-state index in [1.165, 1.54) is 0 Å². The lowest BCUT2D eigenvalue weighted by Crippen LogP contribution is -2.40. The van der Waals surface area contributed by atoms with Gasteiger partial charge in [0.05, 0.1) is 34.9 Å². The van der Waals surface area contributed by atoms with Crippen molar-refractivity contribution in [3.8, 4) is 17.8 Å². The highest BCUT2D eigenvalue weighted by Gasteiger charge is 2.37. The summed E-state index contributed by atoms with van der Waals surface area (Å²) in [5.41, 5.74) is 11.6.